The number of benzene rings is 1. The van der Waals surface area contributed by atoms with Crippen LogP contribution >= 0.6 is 0 Å². The van der Waals surface area contributed by atoms with E-state index in [4.69, 9.17) is 4.74 Å². The van der Waals surface area contributed by atoms with Gasteiger partial charge in [0.15, 0.2) is 0 Å². The van der Waals surface area contributed by atoms with E-state index in [-0.39, 0.29) is 18.2 Å². The number of hydrogen-bond acceptors (Lipinski definition) is 5. The fourth-order valence-corrected chi connectivity index (χ4v) is 2.30. The minimum Gasteiger partial charge on any atom is -0.495 e. The number of hydrogen-bond donors (Lipinski definition) is 2. The first-order chi connectivity index (χ1) is 12.1. The van der Waals surface area contributed by atoms with Gasteiger partial charge in [0, 0.05) is 12.2 Å². The Morgan fingerprint density at radius 3 is 2.80 bits per heavy atom. The largest absolute Gasteiger partial charge is 0.495 e. The van der Waals surface area contributed by atoms with Gasteiger partial charge in [0.05, 0.1) is 19.1 Å². The molecule has 0 aliphatic heterocycles. The minimum absolute atomic E-state index is 0.0699. The maximum absolute atomic E-state index is 12.4. The highest BCUT2D eigenvalue weighted by molar-refractivity contribution is 5.94. The number of aromatic nitrogens is 2. The van der Waals surface area contributed by atoms with Gasteiger partial charge in [0.2, 0.25) is 5.91 Å². The lowest BCUT2D eigenvalue weighted by Crippen LogP contribution is -2.36. The van der Waals surface area contributed by atoms with Crippen molar-refractivity contribution in [2.45, 2.75) is 25.4 Å². The molecular formula is C17H18N4O4. The first-order valence-electron chi connectivity index (χ1n) is 7.86. The maximum Gasteiger partial charge on any atom is 0.266 e. The number of ether oxygens (including phenoxy) is 1. The Bertz CT molecular complexity index is 858. The van der Waals surface area contributed by atoms with Gasteiger partial charge < -0.3 is 15.4 Å². The molecule has 2 amide bonds. The Labute approximate surface area is 143 Å². The first kappa shape index (κ1) is 16.7. The van der Waals surface area contributed by atoms with Gasteiger partial charge in [0.1, 0.15) is 17.9 Å². The van der Waals surface area contributed by atoms with Crippen molar-refractivity contribution in [2.75, 3.05) is 12.4 Å². The van der Waals surface area contributed by atoms with Gasteiger partial charge in [-0.2, -0.15) is 0 Å². The molecule has 1 aliphatic rings. The van der Waals surface area contributed by atoms with Crippen LogP contribution in [-0.4, -0.2) is 34.5 Å². The summed E-state index contributed by atoms with van der Waals surface area (Å²) in [4.78, 5) is 40.5. The lowest BCUT2D eigenvalue weighted by Gasteiger charge is -2.11. The molecule has 0 atom stereocenters. The summed E-state index contributed by atoms with van der Waals surface area (Å²) in [6.45, 7) is -0.256. The molecule has 1 heterocycles. The number of amides is 2. The Balaban J connectivity index is 1.72. The summed E-state index contributed by atoms with van der Waals surface area (Å²) in [6.07, 6.45) is 4.29. The lowest BCUT2D eigenvalue weighted by atomic mass is 10.3. The molecule has 0 saturated heterocycles. The van der Waals surface area contributed by atoms with E-state index in [1.54, 1.807) is 24.3 Å². The van der Waals surface area contributed by atoms with E-state index < -0.39 is 17.4 Å². The number of carbonyl (C=O) groups excluding carboxylic acids is 2. The highest BCUT2D eigenvalue weighted by atomic mass is 16.5. The fourth-order valence-electron chi connectivity index (χ4n) is 2.30. The summed E-state index contributed by atoms with van der Waals surface area (Å²) in [5.74, 6) is -0.369. The van der Waals surface area contributed by atoms with Gasteiger partial charge >= 0.3 is 0 Å². The van der Waals surface area contributed by atoms with Gasteiger partial charge in [0.25, 0.3) is 11.5 Å². The number of carbonyl (C=O) groups is 2. The predicted molar refractivity (Wildman–Crippen MR) is 90.6 cm³/mol. The van der Waals surface area contributed by atoms with Crippen LogP contribution in [0.2, 0.25) is 0 Å². The third-order valence-corrected chi connectivity index (χ3v) is 3.75. The number of para-hydroxylation sites is 2. The second kappa shape index (κ2) is 7.16. The van der Waals surface area contributed by atoms with Crippen LogP contribution in [0.4, 0.5) is 5.69 Å². The van der Waals surface area contributed by atoms with Gasteiger partial charge in [-0.3, -0.25) is 19.0 Å². The predicted octanol–water partition coefficient (Wildman–Crippen LogP) is 0.783. The molecule has 3 rings (SSSR count). The summed E-state index contributed by atoms with van der Waals surface area (Å²) < 4.78 is 6.27. The molecule has 1 saturated carbocycles. The standard InChI is InChI=1S/C17H18N4O4/c1-25-14-5-3-2-4-13(14)20-15(22)9-21-10-18-8-12(17(21)24)16(23)19-11-6-7-11/h2-5,8,10-11H,6-7,9H2,1H3,(H,19,23)(H,20,22). The summed E-state index contributed by atoms with van der Waals surface area (Å²) >= 11 is 0. The molecule has 25 heavy (non-hydrogen) atoms. The third-order valence-electron chi connectivity index (χ3n) is 3.75. The van der Waals surface area contributed by atoms with Crippen LogP contribution < -0.4 is 20.9 Å². The molecule has 2 aromatic rings. The van der Waals surface area contributed by atoms with E-state index in [9.17, 15) is 14.4 Å². The van der Waals surface area contributed by atoms with Crippen molar-refractivity contribution in [1.82, 2.24) is 14.9 Å². The van der Waals surface area contributed by atoms with E-state index in [0.29, 0.717) is 11.4 Å². The Hall–Kier alpha value is -3.16. The fraction of sp³-hybridized carbons (Fsp3) is 0.294. The second-order valence-corrected chi connectivity index (χ2v) is 5.74. The van der Waals surface area contributed by atoms with Gasteiger partial charge in [-0.25, -0.2) is 4.98 Å². The van der Waals surface area contributed by atoms with E-state index >= 15 is 0 Å². The summed E-state index contributed by atoms with van der Waals surface area (Å²) in [6, 6.07) is 7.08. The second-order valence-electron chi connectivity index (χ2n) is 5.74. The molecule has 1 aromatic carbocycles. The van der Waals surface area contributed by atoms with Crippen LogP contribution in [0.25, 0.3) is 0 Å². The van der Waals surface area contributed by atoms with Crippen LogP contribution in [-0.2, 0) is 11.3 Å². The number of nitrogens with zero attached hydrogens (tertiary/aromatic N) is 2. The quantitative estimate of drug-likeness (QED) is 0.808. The van der Waals surface area contributed by atoms with Crippen LogP contribution in [0, 0.1) is 0 Å². The van der Waals surface area contributed by atoms with Gasteiger partial charge in [-0.05, 0) is 25.0 Å². The number of methoxy groups -OCH3 is 1. The van der Waals surface area contributed by atoms with Crippen molar-refractivity contribution in [1.29, 1.82) is 0 Å². The van der Waals surface area contributed by atoms with Crippen molar-refractivity contribution in [3.63, 3.8) is 0 Å². The van der Waals surface area contributed by atoms with Crippen LogP contribution in [0.1, 0.15) is 23.2 Å². The topological polar surface area (TPSA) is 102 Å². The molecule has 2 N–H and O–H groups in total. The van der Waals surface area contributed by atoms with Crippen molar-refractivity contribution >= 4 is 17.5 Å². The number of nitrogens with one attached hydrogen (secondary N) is 2. The number of anilines is 1. The number of rotatable bonds is 6. The Morgan fingerprint density at radius 1 is 1.32 bits per heavy atom. The normalized spacial score (nSPS) is 13.2. The third kappa shape index (κ3) is 4.03. The minimum atomic E-state index is -0.552. The molecule has 0 unspecified atom stereocenters. The molecule has 0 bridgehead atoms. The zero-order chi connectivity index (χ0) is 17.8. The van der Waals surface area contributed by atoms with Crippen molar-refractivity contribution in [2.24, 2.45) is 0 Å². The van der Waals surface area contributed by atoms with Crippen molar-refractivity contribution in [3.8, 4) is 5.75 Å². The van der Waals surface area contributed by atoms with E-state index in [1.807, 2.05) is 0 Å². The monoisotopic (exact) mass is 342 g/mol. The van der Waals surface area contributed by atoms with E-state index in [1.165, 1.54) is 19.6 Å². The molecule has 1 aliphatic carbocycles. The van der Waals surface area contributed by atoms with Gasteiger partial charge in [-0.15, -0.1) is 0 Å². The van der Waals surface area contributed by atoms with Crippen LogP contribution in [0.5, 0.6) is 5.75 Å². The molecule has 8 heteroatoms. The van der Waals surface area contributed by atoms with Gasteiger partial charge in [-0.1, -0.05) is 12.1 Å². The highest BCUT2D eigenvalue weighted by Gasteiger charge is 2.25. The SMILES string of the molecule is COc1ccccc1NC(=O)Cn1cncc(C(=O)NC2CC2)c1=O. The van der Waals surface area contributed by atoms with E-state index in [2.05, 4.69) is 15.6 Å². The zero-order valence-corrected chi connectivity index (χ0v) is 13.7. The molecule has 1 aromatic heterocycles. The Morgan fingerprint density at radius 2 is 2.08 bits per heavy atom. The van der Waals surface area contributed by atoms with Crippen molar-refractivity contribution in [3.05, 3.63) is 52.7 Å². The van der Waals surface area contributed by atoms with Crippen LogP contribution in [0.15, 0.2) is 41.6 Å². The summed E-state index contributed by atoms with van der Waals surface area (Å²) in [5, 5.41) is 5.41. The average Bonchev–Trinajstić information content (AvgIpc) is 3.41. The van der Waals surface area contributed by atoms with Crippen LogP contribution in [0.3, 0.4) is 0 Å². The smallest absolute Gasteiger partial charge is 0.266 e. The maximum atomic E-state index is 12.4. The highest BCUT2D eigenvalue weighted by Crippen LogP contribution is 2.22. The molecule has 0 radical (unpaired) electrons. The summed E-state index contributed by atoms with van der Waals surface area (Å²) in [5.41, 5.74) is -0.124. The van der Waals surface area contributed by atoms with Crippen molar-refractivity contribution < 1.29 is 14.3 Å². The Kier molecular flexibility index (Phi) is 4.78. The summed E-state index contributed by atoms with van der Waals surface area (Å²) in [7, 11) is 1.50. The molecule has 1 fully saturated rings. The molecular weight excluding hydrogens is 324 g/mol. The zero-order valence-electron chi connectivity index (χ0n) is 13.7. The van der Waals surface area contributed by atoms with E-state index in [0.717, 1.165) is 17.4 Å². The molecule has 8 nitrogen and oxygen atoms in total. The average molecular weight is 342 g/mol. The molecule has 0 spiro atoms. The lowest BCUT2D eigenvalue weighted by molar-refractivity contribution is -0.116. The molecule has 130 valence electrons. The first-order valence-corrected chi connectivity index (χ1v) is 7.86.